The predicted octanol–water partition coefficient (Wildman–Crippen LogP) is 4.52. The summed E-state index contributed by atoms with van der Waals surface area (Å²) in [6.07, 6.45) is 5.29. The van der Waals surface area contributed by atoms with Crippen LogP contribution in [0.15, 0.2) is 59.5 Å². The Labute approximate surface area is 168 Å². The summed E-state index contributed by atoms with van der Waals surface area (Å²) in [5.74, 6) is -0.177. The number of hydrogen-bond donors (Lipinski definition) is 0. The fourth-order valence-corrected chi connectivity index (χ4v) is 4.21. The van der Waals surface area contributed by atoms with Crippen molar-refractivity contribution in [2.75, 3.05) is 4.90 Å². The van der Waals surface area contributed by atoms with E-state index < -0.39 is 0 Å². The molecule has 0 aliphatic heterocycles. The summed E-state index contributed by atoms with van der Waals surface area (Å²) in [5, 5.41) is 5.01. The number of hydrogen-bond acceptors (Lipinski definition) is 5. The first-order valence-corrected chi connectivity index (χ1v) is 10.1. The van der Waals surface area contributed by atoms with Gasteiger partial charge < -0.3 is 0 Å². The zero-order valence-electron chi connectivity index (χ0n) is 14.5. The maximum Gasteiger partial charge on any atom is 0.280 e. The molecule has 0 unspecified atom stereocenters. The number of halogens is 1. The molecule has 4 aromatic rings. The van der Waals surface area contributed by atoms with Crippen molar-refractivity contribution in [3.63, 3.8) is 0 Å². The molecule has 0 atom stereocenters. The Morgan fingerprint density at radius 2 is 2.19 bits per heavy atom. The van der Waals surface area contributed by atoms with Gasteiger partial charge in [0.1, 0.15) is 0 Å². The molecule has 3 aromatic heterocycles. The highest BCUT2D eigenvalue weighted by atomic mass is 79.9. The number of carbonyl (C=O) groups excluding carboxylic acids is 1. The summed E-state index contributed by atoms with van der Waals surface area (Å²) in [7, 11) is 0. The quantitative estimate of drug-likeness (QED) is 0.456. The molecule has 27 heavy (non-hydrogen) atoms. The Balaban J connectivity index is 1.75. The monoisotopic (exact) mass is 441 g/mol. The summed E-state index contributed by atoms with van der Waals surface area (Å²) in [4.78, 5) is 23.7. The summed E-state index contributed by atoms with van der Waals surface area (Å²) in [6, 6.07) is 11.4. The summed E-state index contributed by atoms with van der Waals surface area (Å²) in [6.45, 7) is 3.08. The van der Waals surface area contributed by atoms with Crippen LogP contribution in [0.25, 0.3) is 10.2 Å². The lowest BCUT2D eigenvalue weighted by Gasteiger charge is -2.18. The zero-order chi connectivity index (χ0) is 18.8. The molecule has 0 N–H and O–H groups in total. The smallest absolute Gasteiger partial charge is 0.278 e. The minimum Gasteiger partial charge on any atom is -0.278 e. The topological polar surface area (TPSA) is 63.9 Å². The number of amides is 1. The van der Waals surface area contributed by atoms with Crippen molar-refractivity contribution in [1.82, 2.24) is 19.7 Å². The van der Waals surface area contributed by atoms with Crippen LogP contribution < -0.4 is 4.90 Å². The van der Waals surface area contributed by atoms with Gasteiger partial charge in [-0.1, -0.05) is 33.3 Å². The zero-order valence-corrected chi connectivity index (χ0v) is 16.9. The van der Waals surface area contributed by atoms with Gasteiger partial charge in [0.25, 0.3) is 5.91 Å². The third kappa shape index (κ3) is 3.77. The lowest BCUT2D eigenvalue weighted by Crippen LogP contribution is -2.30. The number of thiazole rings is 1. The normalized spacial score (nSPS) is 11.0. The number of nitrogens with zero attached hydrogens (tertiary/aromatic N) is 5. The standard InChI is InChI=1S/C19H16BrN5OS/c1-2-24-9-7-16(23-24)18(26)25(12-13-4-3-8-21-11-13)19-22-15-6-5-14(20)10-17(15)27-19/h3-11H,2,12H2,1H3. The SMILES string of the molecule is CCn1ccc(C(=O)N(Cc2cccnc2)c2nc3ccc(Br)cc3s2)n1. The molecule has 0 radical (unpaired) electrons. The summed E-state index contributed by atoms with van der Waals surface area (Å²) < 4.78 is 3.74. The van der Waals surface area contributed by atoms with Gasteiger partial charge in [-0.25, -0.2) is 4.98 Å². The molecule has 3 heterocycles. The van der Waals surface area contributed by atoms with Crippen molar-refractivity contribution in [3.05, 3.63) is 70.7 Å². The molecule has 4 rings (SSSR count). The van der Waals surface area contributed by atoms with Gasteiger partial charge in [0.2, 0.25) is 0 Å². The lowest BCUT2D eigenvalue weighted by atomic mass is 10.2. The Hall–Kier alpha value is -2.58. The molecule has 6 nitrogen and oxygen atoms in total. The molecule has 0 saturated carbocycles. The minimum atomic E-state index is -0.177. The average Bonchev–Trinajstić information content (AvgIpc) is 3.32. The van der Waals surface area contributed by atoms with Gasteiger partial charge in [-0.3, -0.25) is 19.4 Å². The van der Waals surface area contributed by atoms with E-state index in [9.17, 15) is 4.79 Å². The molecular formula is C19H16BrN5OS. The maximum atomic E-state index is 13.2. The molecule has 0 spiro atoms. The number of fused-ring (bicyclic) bond motifs is 1. The van der Waals surface area contributed by atoms with Crippen LogP contribution in [0.2, 0.25) is 0 Å². The largest absolute Gasteiger partial charge is 0.280 e. The second-order valence-corrected chi connectivity index (χ2v) is 7.84. The van der Waals surface area contributed by atoms with Gasteiger partial charge in [0.05, 0.1) is 16.8 Å². The first-order valence-electron chi connectivity index (χ1n) is 8.44. The van der Waals surface area contributed by atoms with E-state index in [1.54, 1.807) is 28.0 Å². The van der Waals surface area contributed by atoms with E-state index >= 15 is 0 Å². The minimum absolute atomic E-state index is 0.177. The molecule has 8 heteroatoms. The second kappa shape index (κ2) is 7.58. The lowest BCUT2D eigenvalue weighted by molar-refractivity contribution is 0.0979. The van der Waals surface area contributed by atoms with Crippen molar-refractivity contribution in [2.45, 2.75) is 20.0 Å². The van der Waals surface area contributed by atoms with Gasteiger partial charge in [0.15, 0.2) is 10.8 Å². The van der Waals surface area contributed by atoms with E-state index in [0.29, 0.717) is 23.9 Å². The Morgan fingerprint density at radius 3 is 2.93 bits per heavy atom. The Morgan fingerprint density at radius 1 is 1.30 bits per heavy atom. The molecule has 1 amide bonds. The van der Waals surface area contributed by atoms with Crippen molar-refractivity contribution >= 4 is 48.5 Å². The van der Waals surface area contributed by atoms with E-state index in [1.807, 2.05) is 43.5 Å². The van der Waals surface area contributed by atoms with Gasteiger partial charge in [0, 0.05) is 29.6 Å². The highest BCUT2D eigenvalue weighted by Gasteiger charge is 2.23. The number of carbonyl (C=O) groups is 1. The molecule has 0 bridgehead atoms. The number of anilines is 1. The number of aryl methyl sites for hydroxylation is 1. The first kappa shape index (κ1) is 17.8. The van der Waals surface area contributed by atoms with Gasteiger partial charge in [-0.2, -0.15) is 5.10 Å². The van der Waals surface area contributed by atoms with Crippen molar-refractivity contribution < 1.29 is 4.79 Å². The fourth-order valence-electron chi connectivity index (χ4n) is 2.69. The number of rotatable bonds is 5. The maximum absolute atomic E-state index is 13.2. The van der Waals surface area contributed by atoms with Crippen molar-refractivity contribution in [3.8, 4) is 0 Å². The van der Waals surface area contributed by atoms with Crippen LogP contribution in [-0.2, 0) is 13.1 Å². The van der Waals surface area contributed by atoms with E-state index in [-0.39, 0.29) is 5.91 Å². The molecule has 1 aromatic carbocycles. The van der Waals surface area contributed by atoms with Crippen molar-refractivity contribution in [1.29, 1.82) is 0 Å². The van der Waals surface area contributed by atoms with Crippen LogP contribution >= 0.6 is 27.3 Å². The molecule has 136 valence electrons. The average molecular weight is 442 g/mol. The third-order valence-electron chi connectivity index (χ3n) is 4.06. The van der Waals surface area contributed by atoms with Crippen LogP contribution in [0, 0.1) is 0 Å². The highest BCUT2D eigenvalue weighted by molar-refractivity contribution is 9.10. The van der Waals surface area contributed by atoms with E-state index in [4.69, 9.17) is 0 Å². The summed E-state index contributed by atoms with van der Waals surface area (Å²) in [5.41, 5.74) is 2.20. The van der Waals surface area contributed by atoms with Crippen LogP contribution in [0.4, 0.5) is 5.13 Å². The van der Waals surface area contributed by atoms with Crippen LogP contribution in [0.1, 0.15) is 23.0 Å². The molecule has 0 fully saturated rings. The second-order valence-electron chi connectivity index (χ2n) is 5.92. The molecule has 0 aliphatic carbocycles. The molecular weight excluding hydrogens is 426 g/mol. The van der Waals surface area contributed by atoms with Gasteiger partial charge in [-0.15, -0.1) is 0 Å². The fraction of sp³-hybridized carbons (Fsp3) is 0.158. The van der Waals surface area contributed by atoms with Crippen molar-refractivity contribution in [2.24, 2.45) is 0 Å². The third-order valence-corrected chi connectivity index (χ3v) is 5.60. The number of benzene rings is 1. The van der Waals surface area contributed by atoms with Crippen LogP contribution in [0.5, 0.6) is 0 Å². The number of aromatic nitrogens is 4. The predicted molar refractivity (Wildman–Crippen MR) is 110 cm³/mol. The van der Waals surface area contributed by atoms with Gasteiger partial charge >= 0.3 is 0 Å². The van der Waals surface area contributed by atoms with Gasteiger partial charge in [-0.05, 0) is 42.8 Å². The molecule has 0 aliphatic rings. The number of pyridine rings is 1. The van der Waals surface area contributed by atoms with Crippen LogP contribution in [-0.4, -0.2) is 25.7 Å². The highest BCUT2D eigenvalue weighted by Crippen LogP contribution is 2.32. The Bertz CT molecular complexity index is 1090. The summed E-state index contributed by atoms with van der Waals surface area (Å²) >= 11 is 4.97. The van der Waals surface area contributed by atoms with E-state index in [0.717, 1.165) is 20.3 Å². The van der Waals surface area contributed by atoms with E-state index in [2.05, 4.69) is 31.0 Å². The molecule has 0 saturated heterocycles. The Kier molecular flexibility index (Phi) is 5.00. The van der Waals surface area contributed by atoms with Crippen LogP contribution in [0.3, 0.4) is 0 Å². The van der Waals surface area contributed by atoms with E-state index in [1.165, 1.54) is 11.3 Å². The first-order chi connectivity index (χ1) is 13.1.